The summed E-state index contributed by atoms with van der Waals surface area (Å²) in [5.41, 5.74) is 3.82. The van der Waals surface area contributed by atoms with E-state index in [0.29, 0.717) is 5.56 Å². The Balaban J connectivity index is 1.58. The van der Waals surface area contributed by atoms with Crippen molar-refractivity contribution < 1.29 is 4.79 Å². The molecule has 138 valence electrons. The summed E-state index contributed by atoms with van der Waals surface area (Å²) >= 11 is 0. The highest BCUT2D eigenvalue weighted by Gasteiger charge is 2.15. The second kappa shape index (κ2) is 8.37. The van der Waals surface area contributed by atoms with Crippen LogP contribution in [-0.2, 0) is 6.54 Å². The molecule has 4 heteroatoms. The van der Waals surface area contributed by atoms with Gasteiger partial charge in [-0.3, -0.25) is 9.69 Å². The van der Waals surface area contributed by atoms with Gasteiger partial charge < -0.3 is 10.2 Å². The van der Waals surface area contributed by atoms with E-state index in [-0.39, 0.29) is 5.91 Å². The van der Waals surface area contributed by atoms with Crippen LogP contribution in [0.2, 0.25) is 0 Å². The highest BCUT2D eigenvalue weighted by Crippen LogP contribution is 2.20. The second-order valence-electron chi connectivity index (χ2n) is 7.55. The number of benzene rings is 2. The number of rotatable bonds is 5. The molecule has 1 N–H and O–H groups in total. The third-order valence-electron chi connectivity index (χ3n) is 5.12. The van der Waals surface area contributed by atoms with Crippen molar-refractivity contribution in [3.8, 4) is 0 Å². The molecule has 0 aromatic heterocycles. The van der Waals surface area contributed by atoms with E-state index in [4.69, 9.17) is 0 Å². The number of carbonyl (C=O) groups excluding carboxylic acids is 1. The molecule has 0 spiro atoms. The zero-order valence-electron chi connectivity index (χ0n) is 16.0. The van der Waals surface area contributed by atoms with Gasteiger partial charge in [0.2, 0.25) is 0 Å². The average molecular weight is 351 g/mol. The molecule has 0 radical (unpaired) electrons. The molecule has 0 unspecified atom stereocenters. The van der Waals surface area contributed by atoms with Gasteiger partial charge in [0.05, 0.1) is 0 Å². The van der Waals surface area contributed by atoms with Gasteiger partial charge in [-0.1, -0.05) is 25.1 Å². The molecule has 0 saturated carbocycles. The fraction of sp³-hybridized carbons (Fsp3) is 0.409. The SMILES string of the molecule is CC1CCN(Cc2ccc(NC(=O)c3cccc(N(C)C)c3)cc2)CC1. The van der Waals surface area contributed by atoms with Gasteiger partial charge in [0.25, 0.3) is 5.91 Å². The predicted molar refractivity (Wildman–Crippen MR) is 109 cm³/mol. The largest absolute Gasteiger partial charge is 0.378 e. The quantitative estimate of drug-likeness (QED) is 0.875. The lowest BCUT2D eigenvalue weighted by Gasteiger charge is -2.30. The summed E-state index contributed by atoms with van der Waals surface area (Å²) in [4.78, 5) is 17.0. The monoisotopic (exact) mass is 351 g/mol. The van der Waals surface area contributed by atoms with Crippen molar-refractivity contribution in [3.63, 3.8) is 0 Å². The summed E-state index contributed by atoms with van der Waals surface area (Å²) < 4.78 is 0. The third-order valence-corrected chi connectivity index (χ3v) is 5.12. The first-order chi connectivity index (χ1) is 12.5. The Labute approximate surface area is 156 Å². The van der Waals surface area contributed by atoms with Crippen LogP contribution in [0.25, 0.3) is 0 Å². The molecule has 1 saturated heterocycles. The van der Waals surface area contributed by atoms with Crippen LogP contribution in [0.5, 0.6) is 0 Å². The van der Waals surface area contributed by atoms with Crippen LogP contribution in [0.3, 0.4) is 0 Å². The summed E-state index contributed by atoms with van der Waals surface area (Å²) in [5.74, 6) is 0.779. The molecule has 1 aliphatic rings. The molecule has 2 aromatic rings. The van der Waals surface area contributed by atoms with Gasteiger partial charge >= 0.3 is 0 Å². The molecule has 1 heterocycles. The summed E-state index contributed by atoms with van der Waals surface area (Å²) in [6.07, 6.45) is 2.58. The Bertz CT molecular complexity index is 731. The van der Waals surface area contributed by atoms with E-state index in [1.54, 1.807) is 0 Å². The van der Waals surface area contributed by atoms with E-state index in [1.807, 2.05) is 55.4 Å². The fourth-order valence-corrected chi connectivity index (χ4v) is 3.30. The molecular formula is C22H29N3O. The van der Waals surface area contributed by atoms with E-state index in [1.165, 1.54) is 31.5 Å². The van der Waals surface area contributed by atoms with Crippen LogP contribution < -0.4 is 10.2 Å². The van der Waals surface area contributed by atoms with Crippen LogP contribution in [0, 0.1) is 5.92 Å². The van der Waals surface area contributed by atoms with Crippen molar-refractivity contribution in [2.75, 3.05) is 37.4 Å². The maximum Gasteiger partial charge on any atom is 0.255 e. The topological polar surface area (TPSA) is 35.6 Å². The number of nitrogens with zero attached hydrogens (tertiary/aromatic N) is 2. The lowest BCUT2D eigenvalue weighted by atomic mass is 9.99. The average Bonchev–Trinajstić information content (AvgIpc) is 2.65. The van der Waals surface area contributed by atoms with Gasteiger partial charge in [0.1, 0.15) is 0 Å². The minimum absolute atomic E-state index is 0.0773. The number of likely N-dealkylation sites (tertiary alicyclic amines) is 1. The second-order valence-corrected chi connectivity index (χ2v) is 7.55. The molecule has 2 aromatic carbocycles. The van der Waals surface area contributed by atoms with Crippen molar-refractivity contribution >= 4 is 17.3 Å². The summed E-state index contributed by atoms with van der Waals surface area (Å²) in [7, 11) is 3.94. The van der Waals surface area contributed by atoms with Gasteiger partial charge in [-0.15, -0.1) is 0 Å². The van der Waals surface area contributed by atoms with Crippen LogP contribution in [0.15, 0.2) is 48.5 Å². The maximum atomic E-state index is 12.5. The standard InChI is InChI=1S/C22H29N3O/c1-17-11-13-25(14-12-17)16-18-7-9-20(10-8-18)23-22(26)19-5-4-6-21(15-19)24(2)3/h4-10,15,17H,11-14,16H2,1-3H3,(H,23,26). The zero-order chi connectivity index (χ0) is 18.5. The van der Waals surface area contributed by atoms with Crippen molar-refractivity contribution in [2.24, 2.45) is 5.92 Å². The normalized spacial score (nSPS) is 15.7. The molecule has 1 amide bonds. The lowest BCUT2D eigenvalue weighted by Crippen LogP contribution is -2.32. The van der Waals surface area contributed by atoms with E-state index in [0.717, 1.165) is 23.8 Å². The molecule has 1 aliphatic heterocycles. The molecule has 4 nitrogen and oxygen atoms in total. The van der Waals surface area contributed by atoms with Crippen LogP contribution in [0.4, 0.5) is 11.4 Å². The molecule has 0 aliphatic carbocycles. The van der Waals surface area contributed by atoms with E-state index < -0.39 is 0 Å². The first kappa shape index (κ1) is 18.5. The highest BCUT2D eigenvalue weighted by molar-refractivity contribution is 6.04. The summed E-state index contributed by atoms with van der Waals surface area (Å²) in [6.45, 7) is 5.69. The number of carbonyl (C=O) groups is 1. The predicted octanol–water partition coefficient (Wildman–Crippen LogP) is 4.24. The molecule has 3 rings (SSSR count). The van der Waals surface area contributed by atoms with Crippen LogP contribution in [-0.4, -0.2) is 38.0 Å². The van der Waals surface area contributed by atoms with Gasteiger partial charge in [-0.2, -0.15) is 0 Å². The Morgan fingerprint density at radius 2 is 1.81 bits per heavy atom. The molecule has 0 bridgehead atoms. The van der Waals surface area contributed by atoms with Gasteiger partial charge in [0.15, 0.2) is 0 Å². The highest BCUT2D eigenvalue weighted by atomic mass is 16.1. The number of hydrogen-bond acceptors (Lipinski definition) is 3. The number of amides is 1. The van der Waals surface area contributed by atoms with Crippen molar-refractivity contribution in [1.29, 1.82) is 0 Å². The van der Waals surface area contributed by atoms with Crippen LogP contribution in [0.1, 0.15) is 35.7 Å². The minimum Gasteiger partial charge on any atom is -0.378 e. The Morgan fingerprint density at radius 3 is 2.46 bits per heavy atom. The first-order valence-corrected chi connectivity index (χ1v) is 9.41. The van der Waals surface area contributed by atoms with Gasteiger partial charge in [0, 0.05) is 37.6 Å². The van der Waals surface area contributed by atoms with E-state index in [2.05, 4.69) is 29.3 Å². The van der Waals surface area contributed by atoms with Crippen molar-refractivity contribution in [1.82, 2.24) is 4.90 Å². The van der Waals surface area contributed by atoms with E-state index in [9.17, 15) is 4.79 Å². The summed E-state index contributed by atoms with van der Waals surface area (Å²) in [5, 5.41) is 2.99. The third kappa shape index (κ3) is 4.85. The smallest absolute Gasteiger partial charge is 0.255 e. The number of nitrogens with one attached hydrogen (secondary N) is 1. The van der Waals surface area contributed by atoms with Crippen molar-refractivity contribution in [2.45, 2.75) is 26.3 Å². The molecule has 0 atom stereocenters. The molecule has 1 fully saturated rings. The number of hydrogen-bond donors (Lipinski definition) is 1. The zero-order valence-corrected chi connectivity index (χ0v) is 16.0. The Morgan fingerprint density at radius 1 is 1.12 bits per heavy atom. The van der Waals surface area contributed by atoms with Gasteiger partial charge in [-0.05, 0) is 67.7 Å². The Hall–Kier alpha value is -2.33. The fourth-order valence-electron chi connectivity index (χ4n) is 3.30. The number of anilines is 2. The van der Waals surface area contributed by atoms with E-state index >= 15 is 0 Å². The Kier molecular flexibility index (Phi) is 5.94. The minimum atomic E-state index is -0.0773. The molecule has 26 heavy (non-hydrogen) atoms. The number of piperidine rings is 1. The maximum absolute atomic E-state index is 12.5. The first-order valence-electron chi connectivity index (χ1n) is 9.41. The van der Waals surface area contributed by atoms with Crippen molar-refractivity contribution in [3.05, 3.63) is 59.7 Å². The lowest BCUT2D eigenvalue weighted by molar-refractivity contribution is 0.102. The van der Waals surface area contributed by atoms with Crippen LogP contribution >= 0.6 is 0 Å². The molecular weight excluding hydrogens is 322 g/mol. The van der Waals surface area contributed by atoms with Gasteiger partial charge in [-0.25, -0.2) is 0 Å². The summed E-state index contributed by atoms with van der Waals surface area (Å²) in [6, 6.07) is 15.9.